The van der Waals surface area contributed by atoms with Crippen LogP contribution < -0.4 is 5.73 Å². The predicted molar refractivity (Wildman–Crippen MR) is 111 cm³/mol. The van der Waals surface area contributed by atoms with Crippen LogP contribution in [0.4, 0.5) is 0 Å². The Morgan fingerprint density at radius 2 is 1.75 bits per heavy atom. The van der Waals surface area contributed by atoms with E-state index in [4.69, 9.17) is 28.9 Å². The van der Waals surface area contributed by atoms with E-state index in [1.54, 1.807) is 60.8 Å². The van der Waals surface area contributed by atoms with E-state index in [1.165, 1.54) is 0 Å². The fourth-order valence-corrected chi connectivity index (χ4v) is 3.72. The van der Waals surface area contributed by atoms with Crippen LogP contribution in [0.2, 0.25) is 10.0 Å². The van der Waals surface area contributed by atoms with Crippen molar-refractivity contribution in [1.82, 2.24) is 4.98 Å². The maximum absolute atomic E-state index is 11.7. The van der Waals surface area contributed by atoms with Crippen molar-refractivity contribution >= 4 is 33.0 Å². The van der Waals surface area contributed by atoms with E-state index in [0.29, 0.717) is 26.9 Å². The number of aliphatic hydroxyl groups is 1. The molecule has 3 N–H and O–H groups in total. The van der Waals surface area contributed by atoms with E-state index < -0.39 is 22.0 Å². The molecule has 1 aromatic heterocycles. The highest BCUT2D eigenvalue weighted by Crippen LogP contribution is 2.31. The molecule has 0 aliphatic carbocycles. The van der Waals surface area contributed by atoms with Gasteiger partial charge in [0.15, 0.2) is 9.84 Å². The summed E-state index contributed by atoms with van der Waals surface area (Å²) in [5, 5.41) is 11.3. The summed E-state index contributed by atoms with van der Waals surface area (Å²) >= 11 is 11.9. The van der Waals surface area contributed by atoms with E-state index in [-0.39, 0.29) is 4.90 Å². The molecular formula is C20H18Cl2N2O3S. The fourth-order valence-electron chi connectivity index (χ4n) is 2.74. The maximum atomic E-state index is 11.7. The van der Waals surface area contributed by atoms with Gasteiger partial charge in [-0.05, 0) is 41.5 Å². The molecule has 0 aliphatic heterocycles. The summed E-state index contributed by atoms with van der Waals surface area (Å²) in [6.45, 7) is 0. The zero-order valence-electron chi connectivity index (χ0n) is 14.9. The number of halogens is 2. The van der Waals surface area contributed by atoms with Gasteiger partial charge in [0, 0.05) is 18.0 Å². The monoisotopic (exact) mass is 436 g/mol. The molecule has 8 heteroatoms. The molecule has 5 nitrogen and oxygen atoms in total. The summed E-state index contributed by atoms with van der Waals surface area (Å²) in [4.78, 5) is 4.53. The molecule has 1 heterocycles. The van der Waals surface area contributed by atoms with Crippen LogP contribution in [-0.2, 0) is 9.84 Å². The molecule has 0 radical (unpaired) electrons. The molecule has 2 unspecified atom stereocenters. The zero-order valence-corrected chi connectivity index (χ0v) is 17.2. The van der Waals surface area contributed by atoms with E-state index >= 15 is 0 Å². The Balaban J connectivity index is 1.85. The van der Waals surface area contributed by atoms with Crippen molar-refractivity contribution in [3.05, 3.63) is 82.1 Å². The van der Waals surface area contributed by atoms with Gasteiger partial charge < -0.3 is 10.8 Å². The lowest BCUT2D eigenvalue weighted by atomic mass is 9.99. The molecule has 0 fully saturated rings. The molecule has 3 aromatic rings. The van der Waals surface area contributed by atoms with Gasteiger partial charge in [-0.25, -0.2) is 8.42 Å². The summed E-state index contributed by atoms with van der Waals surface area (Å²) < 4.78 is 23.5. The molecule has 28 heavy (non-hydrogen) atoms. The van der Waals surface area contributed by atoms with Gasteiger partial charge in [0.05, 0.1) is 26.7 Å². The van der Waals surface area contributed by atoms with Gasteiger partial charge >= 0.3 is 0 Å². The molecule has 3 rings (SSSR count). The number of sulfone groups is 1. The first-order valence-electron chi connectivity index (χ1n) is 8.32. The van der Waals surface area contributed by atoms with Crippen molar-refractivity contribution < 1.29 is 13.5 Å². The van der Waals surface area contributed by atoms with Crippen molar-refractivity contribution in [2.75, 3.05) is 6.26 Å². The molecular weight excluding hydrogens is 419 g/mol. The second kappa shape index (κ2) is 8.19. The van der Waals surface area contributed by atoms with Gasteiger partial charge in [0.25, 0.3) is 0 Å². The van der Waals surface area contributed by atoms with Crippen LogP contribution in [0, 0.1) is 0 Å². The number of aliphatic hydroxyl groups excluding tert-OH is 1. The van der Waals surface area contributed by atoms with Gasteiger partial charge in [-0.15, -0.1) is 0 Å². The third-order valence-electron chi connectivity index (χ3n) is 4.35. The summed E-state index contributed by atoms with van der Waals surface area (Å²) in [5.74, 6) is 0. The summed E-state index contributed by atoms with van der Waals surface area (Å²) in [6, 6.07) is 14.2. The number of nitrogens with two attached hydrogens (primary N) is 1. The smallest absolute Gasteiger partial charge is 0.175 e. The van der Waals surface area contributed by atoms with Gasteiger partial charge in [0.2, 0.25) is 0 Å². The number of rotatable bonds is 5. The first-order valence-corrected chi connectivity index (χ1v) is 11.0. The minimum Gasteiger partial charge on any atom is -0.385 e. The molecule has 146 valence electrons. The van der Waals surface area contributed by atoms with Crippen molar-refractivity contribution in [3.8, 4) is 11.1 Å². The van der Waals surface area contributed by atoms with E-state index in [1.807, 2.05) is 0 Å². The number of pyridine rings is 1. The van der Waals surface area contributed by atoms with Crippen LogP contribution in [0.15, 0.2) is 65.7 Å². The van der Waals surface area contributed by atoms with Gasteiger partial charge in [0.1, 0.15) is 6.10 Å². The van der Waals surface area contributed by atoms with Gasteiger partial charge in [-0.3, -0.25) is 4.98 Å². The predicted octanol–water partition coefficient (Wildman–Crippen LogP) is 4.19. The van der Waals surface area contributed by atoms with E-state index in [2.05, 4.69) is 4.98 Å². The van der Waals surface area contributed by atoms with E-state index in [0.717, 1.165) is 11.8 Å². The standard InChI is InChI=1S/C20H18Cl2N2O3S/c1-28(26,27)15-4-2-3-12(9-15)14-6-8-18(24-11-14)20(25)19(23)13-5-7-16(21)17(22)10-13/h2-11,19-20,25H,23H2,1H3. The molecule has 0 spiro atoms. The fraction of sp³-hybridized carbons (Fsp3) is 0.150. The first kappa shape index (κ1) is 20.8. The second-order valence-electron chi connectivity index (χ2n) is 6.42. The topological polar surface area (TPSA) is 93.3 Å². The van der Waals surface area contributed by atoms with Crippen LogP contribution in [0.25, 0.3) is 11.1 Å². The van der Waals surface area contributed by atoms with Gasteiger partial charge in [-0.2, -0.15) is 0 Å². The van der Waals surface area contributed by atoms with Crippen LogP contribution in [-0.4, -0.2) is 24.8 Å². The van der Waals surface area contributed by atoms with Crippen LogP contribution in [0.1, 0.15) is 23.4 Å². The molecule has 0 saturated carbocycles. The Hall–Kier alpha value is -1.96. The van der Waals surface area contributed by atoms with Crippen LogP contribution in [0.3, 0.4) is 0 Å². The number of hydrogen-bond acceptors (Lipinski definition) is 5. The third kappa shape index (κ3) is 4.54. The number of hydrogen-bond donors (Lipinski definition) is 2. The lowest BCUT2D eigenvalue weighted by Gasteiger charge is -2.19. The Bertz CT molecular complexity index is 1100. The quantitative estimate of drug-likeness (QED) is 0.624. The lowest BCUT2D eigenvalue weighted by molar-refractivity contribution is 0.142. The van der Waals surface area contributed by atoms with Crippen molar-refractivity contribution in [3.63, 3.8) is 0 Å². The van der Waals surface area contributed by atoms with Crippen molar-refractivity contribution in [1.29, 1.82) is 0 Å². The van der Waals surface area contributed by atoms with E-state index in [9.17, 15) is 13.5 Å². The summed E-state index contributed by atoms with van der Waals surface area (Å²) in [6.07, 6.45) is 1.68. The van der Waals surface area contributed by atoms with Gasteiger partial charge in [-0.1, -0.05) is 47.5 Å². The number of aromatic nitrogens is 1. The minimum atomic E-state index is -3.30. The SMILES string of the molecule is CS(=O)(=O)c1cccc(-c2ccc(C(O)C(N)c3ccc(Cl)c(Cl)c3)nc2)c1. The minimum absolute atomic E-state index is 0.232. The highest BCUT2D eigenvalue weighted by molar-refractivity contribution is 7.90. The third-order valence-corrected chi connectivity index (χ3v) is 6.20. The summed E-state index contributed by atoms with van der Waals surface area (Å²) in [7, 11) is -3.30. The highest BCUT2D eigenvalue weighted by Gasteiger charge is 2.21. The van der Waals surface area contributed by atoms with Crippen molar-refractivity contribution in [2.24, 2.45) is 5.73 Å². The Morgan fingerprint density at radius 1 is 1.00 bits per heavy atom. The molecule has 0 bridgehead atoms. The molecule has 0 amide bonds. The second-order valence-corrected chi connectivity index (χ2v) is 9.25. The number of benzene rings is 2. The molecule has 2 atom stereocenters. The Morgan fingerprint density at radius 3 is 2.36 bits per heavy atom. The molecule has 0 aliphatic rings. The van der Waals surface area contributed by atoms with Crippen LogP contribution >= 0.6 is 23.2 Å². The Kier molecular flexibility index (Phi) is 6.07. The zero-order chi connectivity index (χ0) is 20.5. The average molecular weight is 437 g/mol. The average Bonchev–Trinajstić information content (AvgIpc) is 2.68. The highest BCUT2D eigenvalue weighted by atomic mass is 35.5. The first-order chi connectivity index (χ1) is 13.2. The van der Waals surface area contributed by atoms with Crippen LogP contribution in [0.5, 0.6) is 0 Å². The lowest BCUT2D eigenvalue weighted by Crippen LogP contribution is -2.20. The maximum Gasteiger partial charge on any atom is 0.175 e. The molecule has 2 aromatic carbocycles. The largest absolute Gasteiger partial charge is 0.385 e. The normalized spacial score (nSPS) is 13.9. The van der Waals surface area contributed by atoms with Crippen molar-refractivity contribution in [2.45, 2.75) is 17.0 Å². The summed E-state index contributed by atoms with van der Waals surface area (Å²) in [5.41, 5.74) is 8.61. The number of nitrogens with zero attached hydrogens (tertiary/aromatic N) is 1. The molecule has 0 saturated heterocycles. The Labute approximate surface area is 173 Å².